The third-order valence-corrected chi connectivity index (χ3v) is 6.86. The van der Waals surface area contributed by atoms with Gasteiger partial charge in [0.2, 0.25) is 5.91 Å². The Morgan fingerprint density at radius 1 is 1.03 bits per heavy atom. The number of nitrogens with two attached hydrogens (primary N) is 1. The molecule has 1 fully saturated rings. The Hall–Kier alpha value is -3.73. The van der Waals surface area contributed by atoms with Crippen LogP contribution in [0, 0.1) is 5.82 Å². The summed E-state index contributed by atoms with van der Waals surface area (Å²) in [5.41, 5.74) is 5.77. The highest BCUT2D eigenvalue weighted by Gasteiger charge is 2.33. The maximum atomic E-state index is 13.6. The highest BCUT2D eigenvalue weighted by molar-refractivity contribution is 8.15. The molecule has 0 bridgehead atoms. The molecule has 0 saturated carbocycles. The molecule has 1 unspecified atom stereocenters. The molecule has 4 rings (SSSR count). The molecule has 4 amide bonds. The molecular formula is C24H24FN5O4S. The molecule has 182 valence electrons. The van der Waals surface area contributed by atoms with Crippen LogP contribution in [-0.2, 0) is 9.59 Å². The molecule has 2 aliphatic rings. The molecule has 35 heavy (non-hydrogen) atoms. The first-order valence-corrected chi connectivity index (χ1v) is 12.0. The van der Waals surface area contributed by atoms with E-state index in [1.807, 2.05) is 0 Å². The van der Waals surface area contributed by atoms with Crippen LogP contribution in [0.4, 0.5) is 15.8 Å². The Kier molecular flexibility index (Phi) is 7.45. The summed E-state index contributed by atoms with van der Waals surface area (Å²) in [6.45, 7) is 1.76. The fraction of sp³-hybridized carbons (Fsp3) is 0.292. The van der Waals surface area contributed by atoms with E-state index < -0.39 is 22.9 Å². The Balaban J connectivity index is 1.30. The summed E-state index contributed by atoms with van der Waals surface area (Å²) in [5.74, 6) is -2.82. The molecule has 2 aromatic rings. The summed E-state index contributed by atoms with van der Waals surface area (Å²) in [6.07, 6.45) is 3.33. The number of aliphatic imine (C=N–C) groups is 1. The van der Waals surface area contributed by atoms with Crippen LogP contribution in [0.25, 0.3) is 0 Å². The lowest BCUT2D eigenvalue weighted by Crippen LogP contribution is -2.33. The van der Waals surface area contributed by atoms with Gasteiger partial charge in [0.05, 0.1) is 5.56 Å². The fourth-order valence-corrected chi connectivity index (χ4v) is 4.93. The Morgan fingerprint density at radius 3 is 2.40 bits per heavy atom. The first-order valence-electron chi connectivity index (χ1n) is 11.1. The first kappa shape index (κ1) is 24.4. The normalized spacial score (nSPS) is 17.6. The number of hydrogen-bond donors (Lipinski definition) is 3. The van der Waals surface area contributed by atoms with Gasteiger partial charge < -0.3 is 21.3 Å². The van der Waals surface area contributed by atoms with Crippen LogP contribution in [0.3, 0.4) is 0 Å². The zero-order valence-corrected chi connectivity index (χ0v) is 19.6. The van der Waals surface area contributed by atoms with E-state index in [4.69, 9.17) is 5.73 Å². The van der Waals surface area contributed by atoms with E-state index in [-0.39, 0.29) is 35.0 Å². The van der Waals surface area contributed by atoms with Crippen molar-refractivity contribution < 1.29 is 23.6 Å². The number of likely N-dealkylation sites (tertiary alicyclic amines) is 1. The van der Waals surface area contributed by atoms with Gasteiger partial charge in [0.1, 0.15) is 11.1 Å². The van der Waals surface area contributed by atoms with Crippen molar-refractivity contribution in [3.8, 4) is 0 Å². The third-order valence-electron chi connectivity index (χ3n) is 5.65. The maximum Gasteiger partial charge on any atom is 0.262 e. The maximum absolute atomic E-state index is 13.6. The molecule has 0 radical (unpaired) electrons. The molecule has 0 aliphatic carbocycles. The summed E-state index contributed by atoms with van der Waals surface area (Å²) in [4.78, 5) is 54.7. The number of thioether (sulfide) groups is 1. The van der Waals surface area contributed by atoms with Crippen LogP contribution in [0.2, 0.25) is 0 Å². The first-order chi connectivity index (χ1) is 16.8. The quantitative estimate of drug-likeness (QED) is 0.562. The van der Waals surface area contributed by atoms with Gasteiger partial charge in [-0.25, -0.2) is 4.39 Å². The van der Waals surface area contributed by atoms with Gasteiger partial charge in [-0.05, 0) is 61.7 Å². The molecule has 0 spiro atoms. The van der Waals surface area contributed by atoms with Crippen molar-refractivity contribution in [2.75, 3.05) is 23.7 Å². The largest absolute Gasteiger partial charge is 0.366 e. The zero-order valence-electron chi connectivity index (χ0n) is 18.8. The predicted octanol–water partition coefficient (Wildman–Crippen LogP) is 2.99. The zero-order chi connectivity index (χ0) is 24.9. The number of benzene rings is 2. The third kappa shape index (κ3) is 6.04. The number of piperidine rings is 1. The van der Waals surface area contributed by atoms with Crippen molar-refractivity contribution in [2.45, 2.75) is 30.9 Å². The summed E-state index contributed by atoms with van der Waals surface area (Å²) in [6, 6.07) is 9.66. The number of nitrogens with zero attached hydrogens (tertiary/aromatic N) is 2. The highest BCUT2D eigenvalue weighted by Crippen LogP contribution is 2.29. The number of amidine groups is 1. The van der Waals surface area contributed by atoms with Crippen molar-refractivity contribution in [2.24, 2.45) is 10.7 Å². The summed E-state index contributed by atoms with van der Waals surface area (Å²) in [7, 11) is 0. The molecule has 9 nitrogen and oxygen atoms in total. The monoisotopic (exact) mass is 497 g/mol. The second-order valence-electron chi connectivity index (χ2n) is 8.23. The van der Waals surface area contributed by atoms with Crippen molar-refractivity contribution in [1.29, 1.82) is 0 Å². The number of carbonyl (C=O) groups is 4. The Labute approximate surface area is 205 Å². The molecule has 1 saturated heterocycles. The number of hydrogen-bond acceptors (Lipinski definition) is 6. The minimum Gasteiger partial charge on any atom is -0.366 e. The van der Waals surface area contributed by atoms with Crippen LogP contribution >= 0.6 is 11.8 Å². The van der Waals surface area contributed by atoms with Crippen LogP contribution in [-0.4, -0.2) is 52.0 Å². The number of rotatable bonds is 6. The van der Waals surface area contributed by atoms with Crippen molar-refractivity contribution in [3.05, 3.63) is 59.4 Å². The van der Waals surface area contributed by atoms with Gasteiger partial charge >= 0.3 is 0 Å². The average molecular weight is 498 g/mol. The minimum atomic E-state index is -0.939. The lowest BCUT2D eigenvalue weighted by molar-refractivity contribution is -0.121. The number of anilines is 2. The fourth-order valence-electron chi connectivity index (χ4n) is 3.81. The molecule has 2 aliphatic heterocycles. The van der Waals surface area contributed by atoms with E-state index in [0.717, 1.165) is 38.1 Å². The van der Waals surface area contributed by atoms with E-state index >= 15 is 0 Å². The topological polar surface area (TPSA) is 134 Å². The smallest absolute Gasteiger partial charge is 0.262 e. The predicted molar refractivity (Wildman–Crippen MR) is 132 cm³/mol. The number of halogens is 1. The van der Waals surface area contributed by atoms with Crippen molar-refractivity contribution >= 4 is 51.9 Å². The van der Waals surface area contributed by atoms with Crippen LogP contribution in [0.15, 0.2) is 47.5 Å². The SMILES string of the molecule is NC(=O)c1cc(NC(=O)c2ccc(NC(=O)CC3SC(N4CCCCC4)=NC3=O)cc2)ccc1F. The summed E-state index contributed by atoms with van der Waals surface area (Å²) >= 11 is 1.34. The molecule has 2 aromatic carbocycles. The van der Waals surface area contributed by atoms with Gasteiger partial charge in [-0.3, -0.25) is 19.2 Å². The van der Waals surface area contributed by atoms with Gasteiger partial charge in [0, 0.05) is 36.4 Å². The van der Waals surface area contributed by atoms with Gasteiger partial charge in [-0.15, -0.1) is 0 Å². The molecule has 2 heterocycles. The standard InChI is InChI=1S/C24H24FN5O4S/c25-18-9-8-16(12-17(18)21(26)32)28-22(33)14-4-6-15(7-5-14)27-20(31)13-19-23(34)29-24(35-19)30-10-2-1-3-11-30/h4-9,12,19H,1-3,10-11,13H2,(H2,26,32)(H,27,31)(H,28,33). The number of carbonyl (C=O) groups excluding carboxylic acids is 4. The molecule has 0 aromatic heterocycles. The minimum absolute atomic E-state index is 0.000654. The lowest BCUT2D eigenvalue weighted by atomic mass is 10.1. The van der Waals surface area contributed by atoms with Crippen molar-refractivity contribution in [1.82, 2.24) is 4.90 Å². The lowest BCUT2D eigenvalue weighted by Gasteiger charge is -2.27. The van der Waals surface area contributed by atoms with Gasteiger partial charge in [0.15, 0.2) is 5.17 Å². The Bertz CT molecular complexity index is 1190. The summed E-state index contributed by atoms with van der Waals surface area (Å²) in [5, 5.41) is 5.46. The van der Waals surface area contributed by atoms with E-state index in [1.54, 1.807) is 12.1 Å². The molecule has 11 heteroatoms. The number of amides is 4. The molecule has 1 atom stereocenters. The van der Waals surface area contributed by atoms with Crippen LogP contribution in [0.5, 0.6) is 0 Å². The van der Waals surface area contributed by atoms with Crippen LogP contribution in [0.1, 0.15) is 46.4 Å². The second kappa shape index (κ2) is 10.7. The van der Waals surface area contributed by atoms with E-state index in [1.165, 1.54) is 36.4 Å². The van der Waals surface area contributed by atoms with Crippen LogP contribution < -0.4 is 16.4 Å². The van der Waals surface area contributed by atoms with E-state index in [2.05, 4.69) is 20.5 Å². The van der Waals surface area contributed by atoms with Gasteiger partial charge in [0.25, 0.3) is 17.7 Å². The van der Waals surface area contributed by atoms with Gasteiger partial charge in [-0.2, -0.15) is 4.99 Å². The second-order valence-corrected chi connectivity index (χ2v) is 9.40. The molecular weight excluding hydrogens is 473 g/mol. The van der Waals surface area contributed by atoms with E-state index in [0.29, 0.717) is 10.9 Å². The number of nitrogens with one attached hydrogen (secondary N) is 2. The summed E-state index contributed by atoms with van der Waals surface area (Å²) < 4.78 is 13.6. The van der Waals surface area contributed by atoms with Gasteiger partial charge in [-0.1, -0.05) is 11.8 Å². The average Bonchev–Trinajstić information content (AvgIpc) is 3.21. The van der Waals surface area contributed by atoms with Crippen molar-refractivity contribution in [3.63, 3.8) is 0 Å². The highest BCUT2D eigenvalue weighted by atomic mass is 32.2. The van der Waals surface area contributed by atoms with E-state index in [9.17, 15) is 23.6 Å². The Morgan fingerprint density at radius 2 is 1.71 bits per heavy atom. The number of primary amides is 1. The molecule has 4 N–H and O–H groups in total.